The zero-order valence-corrected chi connectivity index (χ0v) is 7.48. The van der Waals surface area contributed by atoms with E-state index in [0.29, 0.717) is 0 Å². The van der Waals surface area contributed by atoms with Crippen LogP contribution >= 0.6 is 17.0 Å². The molecule has 2 aromatic heterocycles. The molecule has 3 heteroatoms. The van der Waals surface area contributed by atoms with Gasteiger partial charge in [-0.1, -0.05) is 0 Å². The fourth-order valence-corrected chi connectivity index (χ4v) is 0.921. The number of aromatic nitrogens is 2. The highest BCUT2D eigenvalue weighted by molar-refractivity contribution is 8.93. The summed E-state index contributed by atoms with van der Waals surface area (Å²) in [6, 6.07) is 3.89. The largest absolute Gasteiger partial charge is 0.264 e. The molecule has 2 nitrogen and oxygen atoms in total. The van der Waals surface area contributed by atoms with E-state index in [-0.39, 0.29) is 17.0 Å². The Labute approximate surface area is 75.1 Å². The average molecular weight is 211 g/mol. The van der Waals surface area contributed by atoms with Crippen LogP contribution in [0.1, 0.15) is 0 Å². The van der Waals surface area contributed by atoms with Crippen LogP contribution in [-0.2, 0) is 0 Å². The Balaban J connectivity index is 0.000000605. The Morgan fingerprint density at radius 3 is 1.73 bits per heavy atom. The van der Waals surface area contributed by atoms with E-state index in [0.717, 1.165) is 10.8 Å². The summed E-state index contributed by atoms with van der Waals surface area (Å²) < 4.78 is 0. The molecule has 0 fully saturated rings. The van der Waals surface area contributed by atoms with Gasteiger partial charge in [-0.05, 0) is 12.1 Å². The molecule has 0 aromatic carbocycles. The maximum atomic E-state index is 3.99. The number of fused-ring (bicyclic) bond motifs is 1. The summed E-state index contributed by atoms with van der Waals surface area (Å²) in [6.45, 7) is 0. The van der Waals surface area contributed by atoms with Crippen LogP contribution in [0, 0.1) is 0 Å². The standard InChI is InChI=1S/C8H6N2.BrH/c1-3-9-6-8-2-4-10-5-7(1)8;/h1-6H;1H. The van der Waals surface area contributed by atoms with E-state index < -0.39 is 0 Å². The van der Waals surface area contributed by atoms with Crippen molar-refractivity contribution in [3.63, 3.8) is 0 Å². The average Bonchev–Trinajstić information content (AvgIpc) is 2.05. The van der Waals surface area contributed by atoms with Gasteiger partial charge in [-0.25, -0.2) is 0 Å². The topological polar surface area (TPSA) is 25.8 Å². The van der Waals surface area contributed by atoms with Crippen molar-refractivity contribution in [1.82, 2.24) is 9.97 Å². The Bertz CT molecular complexity index is 283. The van der Waals surface area contributed by atoms with Crippen molar-refractivity contribution in [3.8, 4) is 0 Å². The maximum Gasteiger partial charge on any atom is 0.0347 e. The first-order valence-corrected chi connectivity index (χ1v) is 3.10. The van der Waals surface area contributed by atoms with E-state index in [1.165, 1.54) is 0 Å². The first-order valence-electron chi connectivity index (χ1n) is 3.10. The second-order valence-corrected chi connectivity index (χ2v) is 2.10. The van der Waals surface area contributed by atoms with Crippen LogP contribution in [0.25, 0.3) is 10.8 Å². The minimum absolute atomic E-state index is 0. The van der Waals surface area contributed by atoms with Crippen LogP contribution in [0.2, 0.25) is 0 Å². The van der Waals surface area contributed by atoms with E-state index in [9.17, 15) is 0 Å². The molecular formula is C8H7BrN2. The molecule has 56 valence electrons. The predicted molar refractivity (Wildman–Crippen MR) is 49.9 cm³/mol. The molecule has 0 aliphatic carbocycles. The second kappa shape index (κ2) is 3.44. The normalized spacial score (nSPS) is 9.09. The third kappa shape index (κ3) is 1.54. The molecule has 0 amide bonds. The van der Waals surface area contributed by atoms with Gasteiger partial charge in [0.15, 0.2) is 0 Å². The zero-order chi connectivity index (χ0) is 6.81. The van der Waals surface area contributed by atoms with E-state index in [4.69, 9.17) is 0 Å². The Kier molecular flexibility index (Phi) is 2.54. The lowest BCUT2D eigenvalue weighted by Gasteiger charge is -1.91. The lowest BCUT2D eigenvalue weighted by molar-refractivity contribution is 1.32. The van der Waals surface area contributed by atoms with Crippen molar-refractivity contribution in [2.75, 3.05) is 0 Å². The molecule has 0 saturated carbocycles. The summed E-state index contributed by atoms with van der Waals surface area (Å²) in [7, 11) is 0. The SMILES string of the molecule is Br.c1cc2cnccc2cn1. The van der Waals surface area contributed by atoms with Crippen molar-refractivity contribution in [3.05, 3.63) is 36.9 Å². The smallest absolute Gasteiger partial charge is 0.0347 e. The van der Waals surface area contributed by atoms with Gasteiger partial charge < -0.3 is 0 Å². The maximum absolute atomic E-state index is 3.99. The summed E-state index contributed by atoms with van der Waals surface area (Å²) in [5, 5.41) is 2.27. The fourth-order valence-electron chi connectivity index (χ4n) is 0.921. The number of rotatable bonds is 0. The van der Waals surface area contributed by atoms with Crippen LogP contribution in [0.4, 0.5) is 0 Å². The van der Waals surface area contributed by atoms with Gasteiger partial charge in [-0.2, -0.15) is 0 Å². The van der Waals surface area contributed by atoms with Crippen molar-refractivity contribution in [1.29, 1.82) is 0 Å². The summed E-state index contributed by atoms with van der Waals surface area (Å²) in [5.41, 5.74) is 0. The monoisotopic (exact) mass is 210 g/mol. The summed E-state index contributed by atoms with van der Waals surface area (Å²) >= 11 is 0. The molecule has 0 spiro atoms. The van der Waals surface area contributed by atoms with E-state index >= 15 is 0 Å². The van der Waals surface area contributed by atoms with Gasteiger partial charge in [-0.15, -0.1) is 17.0 Å². The fraction of sp³-hybridized carbons (Fsp3) is 0. The van der Waals surface area contributed by atoms with Crippen LogP contribution in [0.3, 0.4) is 0 Å². The summed E-state index contributed by atoms with van der Waals surface area (Å²) in [4.78, 5) is 7.97. The summed E-state index contributed by atoms with van der Waals surface area (Å²) in [6.07, 6.45) is 7.20. The van der Waals surface area contributed by atoms with Gasteiger partial charge in [0, 0.05) is 35.6 Å². The highest BCUT2D eigenvalue weighted by Crippen LogP contribution is 2.07. The number of nitrogens with zero attached hydrogens (tertiary/aromatic N) is 2. The van der Waals surface area contributed by atoms with Gasteiger partial charge in [0.05, 0.1) is 0 Å². The molecular weight excluding hydrogens is 204 g/mol. The number of hydrogen-bond acceptors (Lipinski definition) is 2. The molecule has 0 aliphatic heterocycles. The number of hydrogen-bond donors (Lipinski definition) is 0. The van der Waals surface area contributed by atoms with Crippen LogP contribution in [-0.4, -0.2) is 9.97 Å². The third-order valence-corrected chi connectivity index (χ3v) is 1.44. The van der Waals surface area contributed by atoms with Gasteiger partial charge in [-0.3, -0.25) is 9.97 Å². The van der Waals surface area contributed by atoms with E-state index in [1.54, 1.807) is 12.4 Å². The highest BCUT2D eigenvalue weighted by Gasteiger charge is 1.87. The molecule has 0 aliphatic rings. The van der Waals surface area contributed by atoms with Crippen molar-refractivity contribution >= 4 is 27.8 Å². The quantitative estimate of drug-likeness (QED) is 0.667. The van der Waals surface area contributed by atoms with E-state index in [2.05, 4.69) is 9.97 Å². The Morgan fingerprint density at radius 2 is 1.27 bits per heavy atom. The van der Waals surface area contributed by atoms with Crippen molar-refractivity contribution < 1.29 is 0 Å². The van der Waals surface area contributed by atoms with Crippen molar-refractivity contribution in [2.45, 2.75) is 0 Å². The minimum atomic E-state index is 0. The van der Waals surface area contributed by atoms with Gasteiger partial charge in [0.1, 0.15) is 0 Å². The molecule has 2 rings (SSSR count). The predicted octanol–water partition coefficient (Wildman–Crippen LogP) is 2.21. The number of pyridine rings is 2. The van der Waals surface area contributed by atoms with Crippen LogP contribution < -0.4 is 0 Å². The molecule has 11 heavy (non-hydrogen) atoms. The highest BCUT2D eigenvalue weighted by atomic mass is 79.9. The van der Waals surface area contributed by atoms with E-state index in [1.807, 2.05) is 24.5 Å². The first-order chi connectivity index (χ1) is 4.97. The number of halogens is 1. The molecule has 2 aromatic rings. The second-order valence-electron chi connectivity index (χ2n) is 2.10. The molecule has 0 unspecified atom stereocenters. The van der Waals surface area contributed by atoms with Crippen LogP contribution in [0.15, 0.2) is 36.9 Å². The molecule has 0 N–H and O–H groups in total. The summed E-state index contributed by atoms with van der Waals surface area (Å²) in [5.74, 6) is 0. The zero-order valence-electron chi connectivity index (χ0n) is 5.77. The van der Waals surface area contributed by atoms with Crippen molar-refractivity contribution in [2.24, 2.45) is 0 Å². The molecule has 0 atom stereocenters. The molecule has 0 bridgehead atoms. The lowest BCUT2D eigenvalue weighted by Crippen LogP contribution is -1.74. The Morgan fingerprint density at radius 1 is 0.818 bits per heavy atom. The van der Waals surface area contributed by atoms with Gasteiger partial charge in [0.25, 0.3) is 0 Å². The minimum Gasteiger partial charge on any atom is -0.264 e. The van der Waals surface area contributed by atoms with Crippen LogP contribution in [0.5, 0.6) is 0 Å². The first kappa shape index (κ1) is 8.14. The third-order valence-electron chi connectivity index (χ3n) is 1.44. The molecule has 0 saturated heterocycles. The molecule has 2 heterocycles. The van der Waals surface area contributed by atoms with Gasteiger partial charge in [0.2, 0.25) is 0 Å². The van der Waals surface area contributed by atoms with Gasteiger partial charge >= 0.3 is 0 Å². The lowest BCUT2D eigenvalue weighted by atomic mass is 10.2. The Hall–Kier alpha value is -0.960. The molecule has 0 radical (unpaired) electrons.